The third kappa shape index (κ3) is 2.89. The zero-order chi connectivity index (χ0) is 13.1. The first-order valence-electron chi connectivity index (χ1n) is 6.04. The Bertz CT molecular complexity index is 447. The number of carbonyl (C=O) groups excluding carboxylic acids is 1. The van der Waals surface area contributed by atoms with Gasteiger partial charge in [-0.1, -0.05) is 18.9 Å². The van der Waals surface area contributed by atoms with E-state index in [1.807, 2.05) is 0 Å². The Morgan fingerprint density at radius 2 is 2.00 bits per heavy atom. The Kier molecular flexibility index (Phi) is 3.99. The van der Waals surface area contributed by atoms with Gasteiger partial charge in [-0.15, -0.1) is 0 Å². The molecule has 18 heavy (non-hydrogen) atoms. The van der Waals surface area contributed by atoms with Gasteiger partial charge in [-0.2, -0.15) is 0 Å². The molecule has 0 spiro atoms. The molecular formula is C12H15BFNO3. The van der Waals surface area contributed by atoms with E-state index in [4.69, 9.17) is 10.0 Å². The molecule has 1 aromatic carbocycles. The topological polar surface area (TPSA) is 69.6 Å². The van der Waals surface area contributed by atoms with Gasteiger partial charge in [0, 0.05) is 17.1 Å². The van der Waals surface area contributed by atoms with Crippen molar-refractivity contribution in [3.05, 3.63) is 29.6 Å². The molecule has 0 aromatic heterocycles. The van der Waals surface area contributed by atoms with Crippen LogP contribution in [0.25, 0.3) is 0 Å². The second-order valence-corrected chi connectivity index (χ2v) is 4.56. The van der Waals surface area contributed by atoms with Crippen LogP contribution in [0.15, 0.2) is 18.2 Å². The Labute approximate surface area is 105 Å². The van der Waals surface area contributed by atoms with Gasteiger partial charge >= 0.3 is 7.12 Å². The highest BCUT2D eigenvalue weighted by Crippen LogP contribution is 2.18. The van der Waals surface area contributed by atoms with Crippen LogP contribution in [-0.4, -0.2) is 29.1 Å². The smallest absolute Gasteiger partial charge is 0.423 e. The lowest BCUT2D eigenvalue weighted by Crippen LogP contribution is -2.35. The molecule has 6 heteroatoms. The number of halogens is 1. The molecule has 1 aromatic rings. The molecule has 0 radical (unpaired) electrons. The van der Waals surface area contributed by atoms with E-state index in [9.17, 15) is 9.18 Å². The summed E-state index contributed by atoms with van der Waals surface area (Å²) in [6, 6.07) is 3.80. The Morgan fingerprint density at radius 3 is 2.56 bits per heavy atom. The maximum Gasteiger partial charge on any atom is 0.491 e. The minimum Gasteiger partial charge on any atom is -0.423 e. The van der Waals surface area contributed by atoms with Gasteiger partial charge in [0.15, 0.2) is 0 Å². The van der Waals surface area contributed by atoms with Crippen LogP contribution in [0.1, 0.15) is 36.0 Å². The van der Waals surface area contributed by atoms with Crippen molar-refractivity contribution in [1.29, 1.82) is 0 Å². The second-order valence-electron chi connectivity index (χ2n) is 4.56. The molecule has 0 aliphatic heterocycles. The minimum absolute atomic E-state index is 0.170. The Morgan fingerprint density at radius 1 is 1.33 bits per heavy atom. The third-order valence-corrected chi connectivity index (χ3v) is 3.23. The fourth-order valence-corrected chi connectivity index (χ4v) is 2.22. The first-order valence-corrected chi connectivity index (χ1v) is 6.04. The molecule has 1 fully saturated rings. The molecule has 1 saturated carbocycles. The quantitative estimate of drug-likeness (QED) is 0.671. The predicted octanol–water partition coefficient (Wildman–Crippen LogP) is 0.178. The van der Waals surface area contributed by atoms with Gasteiger partial charge in [0.25, 0.3) is 5.91 Å². The molecule has 1 aliphatic rings. The van der Waals surface area contributed by atoms with Crippen LogP contribution in [0.4, 0.5) is 4.39 Å². The lowest BCUT2D eigenvalue weighted by Gasteiger charge is -2.12. The van der Waals surface area contributed by atoms with Crippen LogP contribution in [0.5, 0.6) is 0 Å². The SMILES string of the molecule is O=C(NC1CCCC1)c1ccc(B(O)O)c(F)c1. The summed E-state index contributed by atoms with van der Waals surface area (Å²) in [5.41, 5.74) is -0.0313. The van der Waals surface area contributed by atoms with Crippen molar-refractivity contribution < 1.29 is 19.2 Å². The highest BCUT2D eigenvalue weighted by atomic mass is 19.1. The second kappa shape index (κ2) is 5.50. The zero-order valence-corrected chi connectivity index (χ0v) is 9.90. The number of carbonyl (C=O) groups is 1. The molecule has 0 heterocycles. The lowest BCUT2D eigenvalue weighted by molar-refractivity contribution is 0.0937. The lowest BCUT2D eigenvalue weighted by atomic mass is 9.79. The molecular weight excluding hydrogens is 236 g/mol. The summed E-state index contributed by atoms with van der Waals surface area (Å²) in [5.74, 6) is -1.11. The van der Waals surface area contributed by atoms with E-state index >= 15 is 0 Å². The van der Waals surface area contributed by atoms with Gasteiger partial charge < -0.3 is 15.4 Å². The maximum atomic E-state index is 13.5. The molecule has 0 atom stereocenters. The molecule has 1 amide bonds. The standard InChI is InChI=1S/C12H15BFNO3/c14-11-7-8(5-6-10(11)13(17)18)12(16)15-9-3-1-2-4-9/h5-7,9,17-18H,1-4H2,(H,15,16). The Hall–Kier alpha value is -1.40. The number of amides is 1. The minimum atomic E-state index is -1.86. The number of hydrogen-bond acceptors (Lipinski definition) is 3. The average Bonchev–Trinajstić information content (AvgIpc) is 2.81. The molecule has 0 saturated heterocycles. The van der Waals surface area contributed by atoms with Gasteiger partial charge in [0.2, 0.25) is 0 Å². The molecule has 0 bridgehead atoms. The predicted molar refractivity (Wildman–Crippen MR) is 65.9 cm³/mol. The molecule has 2 rings (SSSR count). The van der Waals surface area contributed by atoms with Crippen LogP contribution in [-0.2, 0) is 0 Å². The van der Waals surface area contributed by atoms with Crippen molar-refractivity contribution in [2.75, 3.05) is 0 Å². The number of nitrogens with one attached hydrogen (secondary N) is 1. The normalized spacial score (nSPS) is 15.7. The largest absolute Gasteiger partial charge is 0.491 e. The van der Waals surface area contributed by atoms with E-state index in [2.05, 4.69) is 5.32 Å². The van der Waals surface area contributed by atoms with Crippen LogP contribution >= 0.6 is 0 Å². The van der Waals surface area contributed by atoms with Crippen LogP contribution in [0, 0.1) is 5.82 Å². The summed E-state index contributed by atoms with van der Waals surface area (Å²) in [5, 5.41) is 20.6. The van der Waals surface area contributed by atoms with E-state index in [0.717, 1.165) is 31.7 Å². The monoisotopic (exact) mass is 251 g/mol. The van der Waals surface area contributed by atoms with Gasteiger partial charge in [-0.05, 0) is 25.0 Å². The van der Waals surface area contributed by atoms with Crippen molar-refractivity contribution in [2.45, 2.75) is 31.7 Å². The van der Waals surface area contributed by atoms with Crippen LogP contribution in [0.3, 0.4) is 0 Å². The van der Waals surface area contributed by atoms with Gasteiger partial charge in [-0.3, -0.25) is 4.79 Å². The van der Waals surface area contributed by atoms with Crippen molar-refractivity contribution in [1.82, 2.24) is 5.32 Å². The average molecular weight is 251 g/mol. The summed E-state index contributed by atoms with van der Waals surface area (Å²) in [6.45, 7) is 0. The Balaban J connectivity index is 2.08. The molecule has 3 N–H and O–H groups in total. The molecule has 0 unspecified atom stereocenters. The van der Waals surface area contributed by atoms with Crippen LogP contribution < -0.4 is 10.8 Å². The highest BCUT2D eigenvalue weighted by molar-refractivity contribution is 6.58. The van der Waals surface area contributed by atoms with Crippen LogP contribution in [0.2, 0.25) is 0 Å². The van der Waals surface area contributed by atoms with E-state index in [1.54, 1.807) is 0 Å². The summed E-state index contributed by atoms with van der Waals surface area (Å²) in [4.78, 5) is 11.8. The molecule has 1 aliphatic carbocycles. The van der Waals surface area contributed by atoms with Gasteiger partial charge in [0.05, 0.1) is 0 Å². The third-order valence-electron chi connectivity index (χ3n) is 3.23. The van der Waals surface area contributed by atoms with Crippen molar-refractivity contribution in [3.8, 4) is 0 Å². The fraction of sp³-hybridized carbons (Fsp3) is 0.417. The van der Waals surface area contributed by atoms with E-state index in [0.29, 0.717) is 0 Å². The van der Waals surface area contributed by atoms with E-state index in [-0.39, 0.29) is 23.0 Å². The molecule has 4 nitrogen and oxygen atoms in total. The summed E-state index contributed by atoms with van der Waals surface area (Å²) in [7, 11) is -1.86. The summed E-state index contributed by atoms with van der Waals surface area (Å²) in [6.07, 6.45) is 4.13. The van der Waals surface area contributed by atoms with Crippen molar-refractivity contribution in [2.24, 2.45) is 0 Å². The first-order chi connectivity index (χ1) is 8.58. The number of rotatable bonds is 3. The summed E-state index contributed by atoms with van der Waals surface area (Å²) < 4.78 is 13.5. The first kappa shape index (κ1) is 13.0. The maximum absolute atomic E-state index is 13.5. The van der Waals surface area contributed by atoms with Gasteiger partial charge in [-0.25, -0.2) is 4.39 Å². The highest BCUT2D eigenvalue weighted by Gasteiger charge is 2.21. The summed E-state index contributed by atoms with van der Waals surface area (Å²) >= 11 is 0. The van der Waals surface area contributed by atoms with E-state index in [1.165, 1.54) is 12.1 Å². The zero-order valence-electron chi connectivity index (χ0n) is 9.90. The van der Waals surface area contributed by atoms with Crippen molar-refractivity contribution in [3.63, 3.8) is 0 Å². The fourth-order valence-electron chi connectivity index (χ4n) is 2.22. The number of hydrogen-bond donors (Lipinski definition) is 3. The number of benzene rings is 1. The molecule has 96 valence electrons. The van der Waals surface area contributed by atoms with E-state index < -0.39 is 12.9 Å². The van der Waals surface area contributed by atoms with Crippen molar-refractivity contribution >= 4 is 18.5 Å². The van der Waals surface area contributed by atoms with Gasteiger partial charge in [0.1, 0.15) is 5.82 Å².